The molecule has 1 saturated carbocycles. The molecule has 1 aromatic rings. The van der Waals surface area contributed by atoms with E-state index in [-0.39, 0.29) is 30.7 Å². The molecule has 96 valence electrons. The molecule has 1 aliphatic carbocycles. The van der Waals surface area contributed by atoms with Crippen LogP contribution in [0.1, 0.15) is 12.8 Å². The summed E-state index contributed by atoms with van der Waals surface area (Å²) in [7, 11) is 0. The summed E-state index contributed by atoms with van der Waals surface area (Å²) in [6.45, 7) is 1.34. The highest BCUT2D eigenvalue weighted by molar-refractivity contribution is 5.92. The van der Waals surface area contributed by atoms with Gasteiger partial charge in [-0.05, 0) is 37.4 Å². The van der Waals surface area contributed by atoms with Crippen LogP contribution in [0.4, 0.5) is 5.69 Å². The van der Waals surface area contributed by atoms with Gasteiger partial charge in [-0.3, -0.25) is 9.78 Å². The molecule has 1 heterocycles. The molecule has 4 nitrogen and oxygen atoms in total. The molecule has 0 aliphatic heterocycles. The number of pyridine rings is 1. The Morgan fingerprint density at radius 2 is 2.18 bits per heavy atom. The third-order valence-corrected chi connectivity index (χ3v) is 2.36. The Morgan fingerprint density at radius 1 is 1.41 bits per heavy atom. The largest absolute Gasteiger partial charge is 0.324 e. The average molecular weight is 278 g/mol. The van der Waals surface area contributed by atoms with Gasteiger partial charge in [-0.1, -0.05) is 0 Å². The van der Waals surface area contributed by atoms with Gasteiger partial charge in [0.15, 0.2) is 0 Å². The number of carbonyl (C=O) groups is 1. The van der Waals surface area contributed by atoms with Crippen molar-refractivity contribution >= 4 is 36.4 Å². The predicted octanol–water partition coefficient (Wildman–Crippen LogP) is 1.86. The quantitative estimate of drug-likeness (QED) is 0.864. The first-order valence-electron chi connectivity index (χ1n) is 5.25. The smallest absolute Gasteiger partial charge is 0.238 e. The molecule has 17 heavy (non-hydrogen) atoms. The highest BCUT2D eigenvalue weighted by Crippen LogP contribution is 2.27. The molecule has 1 aliphatic rings. The van der Waals surface area contributed by atoms with Gasteiger partial charge < -0.3 is 10.6 Å². The van der Waals surface area contributed by atoms with Crippen molar-refractivity contribution in [2.24, 2.45) is 5.92 Å². The van der Waals surface area contributed by atoms with E-state index in [1.807, 2.05) is 6.07 Å². The molecule has 0 atom stereocenters. The van der Waals surface area contributed by atoms with Crippen molar-refractivity contribution in [2.45, 2.75) is 12.8 Å². The lowest BCUT2D eigenvalue weighted by atomic mass is 10.4. The fourth-order valence-corrected chi connectivity index (χ4v) is 1.35. The summed E-state index contributed by atoms with van der Waals surface area (Å²) in [5.74, 6) is 0.792. The topological polar surface area (TPSA) is 54.0 Å². The zero-order chi connectivity index (χ0) is 10.5. The average Bonchev–Trinajstić information content (AvgIpc) is 3.03. The lowest BCUT2D eigenvalue weighted by Crippen LogP contribution is -2.29. The molecule has 1 aromatic heterocycles. The Balaban J connectivity index is 0.00000128. The number of nitrogens with zero attached hydrogens (tertiary/aromatic N) is 1. The Morgan fingerprint density at radius 3 is 2.76 bits per heavy atom. The van der Waals surface area contributed by atoms with Crippen LogP contribution in [0.3, 0.4) is 0 Å². The monoisotopic (exact) mass is 277 g/mol. The second-order valence-electron chi connectivity index (χ2n) is 3.86. The molecule has 6 heteroatoms. The van der Waals surface area contributed by atoms with Crippen LogP contribution in [0.25, 0.3) is 0 Å². The highest BCUT2D eigenvalue weighted by atomic mass is 35.5. The van der Waals surface area contributed by atoms with Crippen LogP contribution < -0.4 is 10.6 Å². The van der Waals surface area contributed by atoms with Gasteiger partial charge in [0.1, 0.15) is 0 Å². The fourth-order valence-electron chi connectivity index (χ4n) is 1.35. The van der Waals surface area contributed by atoms with Crippen LogP contribution in [-0.4, -0.2) is 24.0 Å². The molecular formula is C11H17Cl2N3O. The van der Waals surface area contributed by atoms with E-state index in [1.54, 1.807) is 18.5 Å². The van der Waals surface area contributed by atoms with Gasteiger partial charge >= 0.3 is 0 Å². The lowest BCUT2D eigenvalue weighted by molar-refractivity contribution is -0.115. The number of rotatable bonds is 5. The molecule has 2 N–H and O–H groups in total. The number of hydrogen-bond acceptors (Lipinski definition) is 3. The maximum Gasteiger partial charge on any atom is 0.238 e. The number of hydrogen-bond donors (Lipinski definition) is 2. The SMILES string of the molecule is Cl.Cl.O=C(CNCC1CC1)Nc1cccnc1. The summed E-state index contributed by atoms with van der Waals surface area (Å²) in [4.78, 5) is 15.3. The van der Waals surface area contributed by atoms with Gasteiger partial charge in [0.05, 0.1) is 18.4 Å². The maximum atomic E-state index is 11.4. The minimum absolute atomic E-state index is 0. The second-order valence-corrected chi connectivity index (χ2v) is 3.86. The van der Waals surface area contributed by atoms with Crippen molar-refractivity contribution in [1.82, 2.24) is 10.3 Å². The van der Waals surface area contributed by atoms with Crippen molar-refractivity contribution in [3.63, 3.8) is 0 Å². The molecule has 0 unspecified atom stereocenters. The van der Waals surface area contributed by atoms with E-state index in [0.29, 0.717) is 6.54 Å². The number of halogens is 2. The summed E-state index contributed by atoms with van der Waals surface area (Å²) >= 11 is 0. The molecule has 0 aromatic carbocycles. The molecule has 0 bridgehead atoms. The molecule has 1 amide bonds. The number of nitrogens with one attached hydrogen (secondary N) is 2. The van der Waals surface area contributed by atoms with E-state index in [2.05, 4.69) is 15.6 Å². The van der Waals surface area contributed by atoms with Crippen LogP contribution in [0, 0.1) is 5.92 Å². The van der Waals surface area contributed by atoms with E-state index >= 15 is 0 Å². The van der Waals surface area contributed by atoms with E-state index in [1.165, 1.54) is 12.8 Å². The Bertz CT molecular complexity index is 331. The zero-order valence-corrected chi connectivity index (χ0v) is 11.0. The van der Waals surface area contributed by atoms with Crippen LogP contribution in [0.5, 0.6) is 0 Å². The van der Waals surface area contributed by atoms with Crippen LogP contribution >= 0.6 is 24.8 Å². The summed E-state index contributed by atoms with van der Waals surface area (Å²) in [6.07, 6.45) is 5.92. The first-order chi connectivity index (χ1) is 7.34. The summed E-state index contributed by atoms with van der Waals surface area (Å²) in [5, 5.41) is 5.91. The summed E-state index contributed by atoms with van der Waals surface area (Å²) in [6, 6.07) is 3.62. The third kappa shape index (κ3) is 6.46. The van der Waals surface area contributed by atoms with Crippen molar-refractivity contribution in [1.29, 1.82) is 0 Å². The van der Waals surface area contributed by atoms with Gasteiger partial charge in [0.2, 0.25) is 5.91 Å². The van der Waals surface area contributed by atoms with E-state index in [4.69, 9.17) is 0 Å². The van der Waals surface area contributed by atoms with Gasteiger partial charge in [0, 0.05) is 6.20 Å². The van der Waals surface area contributed by atoms with Gasteiger partial charge in [-0.25, -0.2) is 0 Å². The van der Waals surface area contributed by atoms with Crippen molar-refractivity contribution in [3.05, 3.63) is 24.5 Å². The van der Waals surface area contributed by atoms with Crippen LogP contribution in [0.15, 0.2) is 24.5 Å². The standard InChI is InChI=1S/C11H15N3O.2ClH/c15-11(8-13-6-9-3-4-9)14-10-2-1-5-12-7-10;;/h1-2,5,7,9,13H,3-4,6,8H2,(H,14,15);2*1H. The maximum absolute atomic E-state index is 11.4. The van der Waals surface area contributed by atoms with Crippen molar-refractivity contribution in [3.8, 4) is 0 Å². The highest BCUT2D eigenvalue weighted by Gasteiger charge is 2.20. The molecular weight excluding hydrogens is 261 g/mol. The van der Waals surface area contributed by atoms with E-state index in [9.17, 15) is 4.79 Å². The summed E-state index contributed by atoms with van der Waals surface area (Å²) in [5.41, 5.74) is 0.746. The van der Waals surface area contributed by atoms with E-state index in [0.717, 1.165) is 18.2 Å². The number of anilines is 1. The van der Waals surface area contributed by atoms with Crippen LogP contribution in [0.2, 0.25) is 0 Å². The molecule has 2 rings (SSSR count). The minimum atomic E-state index is -0.0105. The summed E-state index contributed by atoms with van der Waals surface area (Å²) < 4.78 is 0. The number of amides is 1. The molecule has 0 saturated heterocycles. The van der Waals surface area contributed by atoms with Gasteiger partial charge in [0.25, 0.3) is 0 Å². The first-order valence-corrected chi connectivity index (χ1v) is 5.25. The Kier molecular flexibility index (Phi) is 7.87. The van der Waals surface area contributed by atoms with Gasteiger partial charge in [-0.15, -0.1) is 24.8 Å². The molecule has 1 fully saturated rings. The third-order valence-electron chi connectivity index (χ3n) is 2.36. The number of carbonyl (C=O) groups excluding carboxylic acids is 1. The zero-order valence-electron chi connectivity index (χ0n) is 9.39. The van der Waals surface area contributed by atoms with Crippen molar-refractivity contribution in [2.75, 3.05) is 18.4 Å². The first kappa shape index (κ1) is 16.2. The fraction of sp³-hybridized carbons (Fsp3) is 0.455. The molecule has 0 spiro atoms. The van der Waals surface area contributed by atoms with E-state index < -0.39 is 0 Å². The Hall–Kier alpha value is -0.840. The lowest BCUT2D eigenvalue weighted by Gasteiger charge is -2.05. The second kappa shape index (κ2) is 8.28. The minimum Gasteiger partial charge on any atom is -0.324 e. The van der Waals surface area contributed by atoms with Gasteiger partial charge in [-0.2, -0.15) is 0 Å². The predicted molar refractivity (Wildman–Crippen MR) is 73.0 cm³/mol. The molecule has 0 radical (unpaired) electrons. The normalized spacial score (nSPS) is 13.2. The Labute approximate surface area is 113 Å². The number of aromatic nitrogens is 1. The van der Waals surface area contributed by atoms with Crippen LogP contribution in [-0.2, 0) is 4.79 Å². The van der Waals surface area contributed by atoms with Crippen molar-refractivity contribution < 1.29 is 4.79 Å².